The Morgan fingerprint density at radius 2 is 2.00 bits per heavy atom. The molecule has 20 heavy (non-hydrogen) atoms. The molecule has 0 saturated carbocycles. The summed E-state index contributed by atoms with van der Waals surface area (Å²) >= 11 is 5.83. The summed E-state index contributed by atoms with van der Waals surface area (Å²) in [5.41, 5.74) is 0.679. The lowest BCUT2D eigenvalue weighted by atomic mass is 10.2. The molecular formula is C14H13ClN2O3. The van der Waals surface area contributed by atoms with Crippen LogP contribution in [0.4, 0.5) is 0 Å². The average molecular weight is 293 g/mol. The van der Waals surface area contributed by atoms with Gasteiger partial charge in [-0.05, 0) is 38.1 Å². The molecule has 0 spiro atoms. The SMILES string of the molecule is CCOC(=O)c1c(C)n(-c2ccc(Cl)cc2)ncc1=O. The first-order chi connectivity index (χ1) is 9.54. The van der Waals surface area contributed by atoms with Gasteiger partial charge in [0, 0.05) is 5.02 Å². The van der Waals surface area contributed by atoms with E-state index in [1.807, 2.05) is 0 Å². The second kappa shape index (κ2) is 5.88. The largest absolute Gasteiger partial charge is 0.462 e. The summed E-state index contributed by atoms with van der Waals surface area (Å²) < 4.78 is 6.40. The van der Waals surface area contributed by atoms with Crippen molar-refractivity contribution in [2.45, 2.75) is 13.8 Å². The number of esters is 1. The molecule has 0 bridgehead atoms. The fourth-order valence-corrected chi connectivity index (χ4v) is 1.97. The van der Waals surface area contributed by atoms with E-state index in [4.69, 9.17) is 16.3 Å². The Morgan fingerprint density at radius 1 is 1.35 bits per heavy atom. The minimum atomic E-state index is -0.639. The number of nitrogens with zero attached hydrogens (tertiary/aromatic N) is 2. The van der Waals surface area contributed by atoms with Gasteiger partial charge in [0.15, 0.2) is 0 Å². The Bertz CT molecular complexity index is 693. The molecular weight excluding hydrogens is 280 g/mol. The molecule has 0 aliphatic heterocycles. The number of benzene rings is 1. The third kappa shape index (κ3) is 2.72. The van der Waals surface area contributed by atoms with Crippen molar-refractivity contribution < 1.29 is 9.53 Å². The van der Waals surface area contributed by atoms with Crippen molar-refractivity contribution in [3.05, 3.63) is 57.0 Å². The maximum atomic E-state index is 11.8. The Morgan fingerprint density at radius 3 is 2.60 bits per heavy atom. The predicted octanol–water partition coefficient (Wildman–Crippen LogP) is 2.37. The molecule has 0 aliphatic carbocycles. The van der Waals surface area contributed by atoms with Crippen molar-refractivity contribution in [3.63, 3.8) is 0 Å². The fourth-order valence-electron chi connectivity index (χ4n) is 1.84. The summed E-state index contributed by atoms with van der Waals surface area (Å²) in [7, 11) is 0. The van der Waals surface area contributed by atoms with Crippen molar-refractivity contribution >= 4 is 17.6 Å². The van der Waals surface area contributed by atoms with Crippen molar-refractivity contribution in [1.82, 2.24) is 9.78 Å². The molecule has 0 aliphatic rings. The number of hydrogen-bond donors (Lipinski definition) is 0. The van der Waals surface area contributed by atoms with Gasteiger partial charge in [0.25, 0.3) is 0 Å². The lowest BCUT2D eigenvalue weighted by Gasteiger charge is -2.12. The third-order valence-corrected chi connectivity index (χ3v) is 3.02. The van der Waals surface area contributed by atoms with E-state index in [1.165, 1.54) is 4.68 Å². The zero-order chi connectivity index (χ0) is 14.7. The van der Waals surface area contributed by atoms with Gasteiger partial charge in [0.1, 0.15) is 5.56 Å². The molecule has 0 atom stereocenters. The van der Waals surface area contributed by atoms with E-state index in [9.17, 15) is 9.59 Å². The van der Waals surface area contributed by atoms with Crippen molar-refractivity contribution in [1.29, 1.82) is 0 Å². The number of carbonyl (C=O) groups is 1. The molecule has 0 saturated heterocycles. The van der Waals surface area contributed by atoms with E-state index < -0.39 is 11.4 Å². The van der Waals surface area contributed by atoms with E-state index in [2.05, 4.69) is 5.10 Å². The molecule has 1 aromatic carbocycles. The summed E-state index contributed by atoms with van der Waals surface area (Å²) in [5.74, 6) is -0.639. The molecule has 104 valence electrons. The van der Waals surface area contributed by atoms with E-state index in [0.29, 0.717) is 16.4 Å². The van der Waals surface area contributed by atoms with Crippen LogP contribution in [0.2, 0.25) is 5.02 Å². The molecule has 6 heteroatoms. The lowest BCUT2D eigenvalue weighted by Crippen LogP contribution is -2.24. The van der Waals surface area contributed by atoms with Crippen LogP contribution in [-0.4, -0.2) is 22.4 Å². The minimum absolute atomic E-state index is 0.00296. The zero-order valence-corrected chi connectivity index (χ0v) is 11.8. The molecule has 0 N–H and O–H groups in total. The van der Waals surface area contributed by atoms with E-state index >= 15 is 0 Å². The Balaban J connectivity index is 2.56. The number of aromatic nitrogens is 2. The molecule has 0 fully saturated rings. The smallest absolute Gasteiger partial charge is 0.344 e. The highest BCUT2D eigenvalue weighted by atomic mass is 35.5. The highest BCUT2D eigenvalue weighted by Crippen LogP contribution is 2.15. The van der Waals surface area contributed by atoms with Gasteiger partial charge in [-0.15, -0.1) is 0 Å². The first kappa shape index (κ1) is 14.3. The molecule has 5 nitrogen and oxygen atoms in total. The fraction of sp³-hybridized carbons (Fsp3) is 0.214. The zero-order valence-electron chi connectivity index (χ0n) is 11.1. The van der Waals surface area contributed by atoms with E-state index in [-0.39, 0.29) is 12.2 Å². The molecule has 2 aromatic rings. The van der Waals surface area contributed by atoms with Gasteiger partial charge in [-0.1, -0.05) is 11.6 Å². The summed E-state index contributed by atoms with van der Waals surface area (Å²) in [5, 5.41) is 4.63. The van der Waals surface area contributed by atoms with Gasteiger partial charge in [-0.3, -0.25) is 4.79 Å². The standard InChI is InChI=1S/C14H13ClN2O3/c1-3-20-14(19)13-9(2)17(16-8-12(13)18)11-6-4-10(15)5-7-11/h4-8H,3H2,1-2H3. The van der Waals surface area contributed by atoms with Gasteiger partial charge in [-0.25, -0.2) is 9.48 Å². The summed E-state index contributed by atoms with van der Waals surface area (Å²) in [6, 6.07) is 6.92. The first-order valence-electron chi connectivity index (χ1n) is 6.06. The quantitative estimate of drug-likeness (QED) is 0.815. The second-order valence-electron chi connectivity index (χ2n) is 4.08. The van der Waals surface area contributed by atoms with Crippen LogP contribution in [0.25, 0.3) is 5.69 Å². The molecule has 1 aromatic heterocycles. The number of hydrogen-bond acceptors (Lipinski definition) is 4. The van der Waals surface area contributed by atoms with Gasteiger partial charge in [-0.2, -0.15) is 5.10 Å². The monoisotopic (exact) mass is 292 g/mol. The Kier molecular flexibility index (Phi) is 4.20. The van der Waals surface area contributed by atoms with Crippen LogP contribution >= 0.6 is 11.6 Å². The summed E-state index contributed by atoms with van der Waals surface area (Å²) in [6.45, 7) is 3.54. The van der Waals surface area contributed by atoms with Crippen LogP contribution in [0, 0.1) is 6.92 Å². The minimum Gasteiger partial charge on any atom is -0.462 e. The molecule has 0 radical (unpaired) electrons. The van der Waals surface area contributed by atoms with Crippen molar-refractivity contribution in [2.24, 2.45) is 0 Å². The Hall–Kier alpha value is -2.14. The number of carbonyl (C=O) groups excluding carboxylic acids is 1. The predicted molar refractivity (Wildman–Crippen MR) is 75.5 cm³/mol. The highest BCUT2D eigenvalue weighted by Gasteiger charge is 2.18. The van der Waals surface area contributed by atoms with Crippen LogP contribution < -0.4 is 5.43 Å². The van der Waals surface area contributed by atoms with Gasteiger partial charge in [0.2, 0.25) is 5.43 Å². The van der Waals surface area contributed by atoms with Crippen LogP contribution in [-0.2, 0) is 4.74 Å². The van der Waals surface area contributed by atoms with Crippen LogP contribution in [0.1, 0.15) is 23.0 Å². The van der Waals surface area contributed by atoms with Crippen LogP contribution in [0.3, 0.4) is 0 Å². The van der Waals surface area contributed by atoms with E-state index in [0.717, 1.165) is 6.20 Å². The average Bonchev–Trinajstić information content (AvgIpc) is 2.41. The molecule has 0 amide bonds. The number of halogens is 1. The second-order valence-corrected chi connectivity index (χ2v) is 4.51. The lowest BCUT2D eigenvalue weighted by molar-refractivity contribution is 0.0522. The maximum Gasteiger partial charge on any atom is 0.344 e. The highest BCUT2D eigenvalue weighted by molar-refractivity contribution is 6.30. The maximum absolute atomic E-state index is 11.8. The number of ether oxygens (including phenoxy) is 1. The normalized spacial score (nSPS) is 10.3. The molecule has 1 heterocycles. The van der Waals surface area contributed by atoms with Crippen molar-refractivity contribution in [2.75, 3.05) is 6.61 Å². The Labute approximate surface area is 120 Å². The number of rotatable bonds is 3. The van der Waals surface area contributed by atoms with E-state index in [1.54, 1.807) is 38.1 Å². The van der Waals surface area contributed by atoms with Crippen molar-refractivity contribution in [3.8, 4) is 5.69 Å². The topological polar surface area (TPSA) is 61.2 Å². The van der Waals surface area contributed by atoms with Crippen LogP contribution in [0.5, 0.6) is 0 Å². The summed E-state index contributed by atoms with van der Waals surface area (Å²) in [6.07, 6.45) is 1.11. The van der Waals surface area contributed by atoms with Gasteiger partial charge < -0.3 is 4.74 Å². The van der Waals surface area contributed by atoms with Crippen LogP contribution in [0.15, 0.2) is 35.3 Å². The molecule has 2 rings (SSSR count). The summed E-state index contributed by atoms with van der Waals surface area (Å²) in [4.78, 5) is 23.6. The third-order valence-electron chi connectivity index (χ3n) is 2.77. The van der Waals surface area contributed by atoms with Gasteiger partial charge >= 0.3 is 5.97 Å². The molecule has 0 unspecified atom stereocenters. The first-order valence-corrected chi connectivity index (χ1v) is 6.44. The van der Waals surface area contributed by atoms with Gasteiger partial charge in [0.05, 0.1) is 24.2 Å².